The molecule has 65 heavy (non-hydrogen) atoms. The van der Waals surface area contributed by atoms with E-state index in [9.17, 15) is 19.2 Å². The van der Waals surface area contributed by atoms with Crippen molar-refractivity contribution in [1.82, 2.24) is 40.4 Å². The van der Waals surface area contributed by atoms with Gasteiger partial charge in [-0.05, 0) is 109 Å². The maximum Gasteiger partial charge on any atom is 0.407 e. The van der Waals surface area contributed by atoms with Gasteiger partial charge in [0.1, 0.15) is 23.7 Å². The van der Waals surface area contributed by atoms with Crippen LogP contribution in [0.5, 0.6) is 0 Å². The quantitative estimate of drug-likeness (QED) is 0.101. The summed E-state index contributed by atoms with van der Waals surface area (Å²) in [4.78, 5) is 75.7. The molecule has 1 unspecified atom stereocenters. The Morgan fingerprint density at radius 2 is 1.06 bits per heavy atom. The molecule has 3 aliphatic heterocycles. The van der Waals surface area contributed by atoms with Gasteiger partial charge in [-0.2, -0.15) is 0 Å². The normalized spacial score (nSPS) is 21.1. The Hall–Kier alpha value is -6.12. The molecule has 3 aromatic carbocycles. The van der Waals surface area contributed by atoms with Crippen molar-refractivity contribution in [3.8, 4) is 0 Å². The molecule has 15 nitrogen and oxygen atoms in total. The number of likely N-dealkylation sites (tertiary alicyclic amines) is 2. The number of carbonyl (C=O) groups excluding carboxylic acids is 4. The maximum absolute atomic E-state index is 13.9. The summed E-state index contributed by atoms with van der Waals surface area (Å²) in [5.74, 6) is 0.982. The van der Waals surface area contributed by atoms with Crippen LogP contribution >= 0.6 is 0 Å². The number of aromatic amines is 2. The number of H-pyrrole nitrogens is 2. The van der Waals surface area contributed by atoms with Gasteiger partial charge < -0.3 is 44.8 Å². The van der Waals surface area contributed by atoms with Crippen LogP contribution in [-0.4, -0.2) is 93.1 Å². The van der Waals surface area contributed by atoms with Gasteiger partial charge in [-0.25, -0.2) is 19.6 Å². The zero-order valence-electron chi connectivity index (χ0n) is 39.2. The van der Waals surface area contributed by atoms with Crippen LogP contribution in [-0.2, 0) is 24.5 Å². The van der Waals surface area contributed by atoms with Crippen molar-refractivity contribution in [2.45, 2.75) is 129 Å². The van der Waals surface area contributed by atoms with Gasteiger partial charge in [0.25, 0.3) is 0 Å². The summed E-state index contributed by atoms with van der Waals surface area (Å²) < 4.78 is 9.66. The fourth-order valence-corrected chi connectivity index (χ4v) is 10.2. The number of imidazole rings is 2. The number of alkyl carbamates (subject to hydrolysis) is 2. The predicted molar refractivity (Wildman–Crippen MR) is 250 cm³/mol. The Labute approximate surface area is 381 Å². The predicted octanol–water partition coefficient (Wildman–Crippen LogP) is 8.91. The van der Waals surface area contributed by atoms with E-state index in [0.717, 1.165) is 89.1 Å². The van der Waals surface area contributed by atoms with E-state index in [1.807, 2.05) is 37.5 Å². The number of amides is 4. The highest BCUT2D eigenvalue weighted by atomic mass is 16.5. The highest BCUT2D eigenvalue weighted by Crippen LogP contribution is 2.48. The van der Waals surface area contributed by atoms with Crippen LogP contribution in [0.4, 0.5) is 15.3 Å². The van der Waals surface area contributed by atoms with E-state index in [1.165, 1.54) is 19.8 Å². The number of benzene rings is 3. The number of anilines is 1. The lowest BCUT2D eigenvalue weighted by Crippen LogP contribution is -2.51. The molecule has 5 heterocycles. The first-order valence-electron chi connectivity index (χ1n) is 23.2. The average Bonchev–Trinajstić information content (AvgIpc) is 4.14. The van der Waals surface area contributed by atoms with E-state index >= 15 is 0 Å². The second kappa shape index (κ2) is 18.4. The molecule has 15 heteroatoms. The van der Waals surface area contributed by atoms with Crippen molar-refractivity contribution in [2.24, 2.45) is 11.8 Å². The summed E-state index contributed by atoms with van der Waals surface area (Å²) in [7, 11) is 2.60. The van der Waals surface area contributed by atoms with Crippen molar-refractivity contribution < 1.29 is 28.7 Å². The molecule has 6 atom stereocenters. The molecule has 0 spiro atoms. The lowest BCUT2D eigenvalue weighted by molar-refractivity contribution is -0.136. The highest BCUT2D eigenvalue weighted by Gasteiger charge is 2.40. The summed E-state index contributed by atoms with van der Waals surface area (Å²) in [5, 5.41) is 5.49. The molecule has 4 amide bonds. The number of aromatic nitrogens is 4. The van der Waals surface area contributed by atoms with Crippen molar-refractivity contribution in [3.63, 3.8) is 0 Å². The lowest BCUT2D eigenvalue weighted by atomic mass is 9.87. The molecule has 0 bridgehead atoms. The molecule has 8 rings (SSSR count). The fourth-order valence-electron chi connectivity index (χ4n) is 10.2. The van der Waals surface area contributed by atoms with Gasteiger partial charge in [0.15, 0.2) is 0 Å². The van der Waals surface area contributed by atoms with E-state index in [-0.39, 0.29) is 53.2 Å². The Morgan fingerprint density at radius 1 is 0.631 bits per heavy atom. The first-order valence-corrected chi connectivity index (χ1v) is 23.2. The van der Waals surface area contributed by atoms with E-state index in [1.54, 1.807) is 0 Å². The molecule has 0 aliphatic carbocycles. The average molecular weight is 888 g/mol. The standard InChI is InChI=1S/C50H65N9O6/c1-28(2)42(55-48(62)64-8)46(60)57-24-10-12-40(57)44-51-34-20-14-30(26-36(34)53-44)38-22-23-39(59(38)33-18-16-32(17-19-33)50(5,6)7)31-15-21-35-37(27-31)54-45(52-35)41-13-11-25-58(41)47(61)43(29(3)4)56-49(63)65-9/h14-21,26-29,38-43H,10-13,22-25H2,1-9H3,(H,51,53)(H,52,54)(H,55,62)(H,56,63)/t38-,39-,40+,41+,42+,43?/m1/s1. The van der Waals surface area contributed by atoms with E-state index in [4.69, 9.17) is 19.4 Å². The minimum absolute atomic E-state index is 0.00781. The van der Waals surface area contributed by atoms with E-state index in [2.05, 4.69) is 107 Å². The van der Waals surface area contributed by atoms with Crippen LogP contribution in [0.25, 0.3) is 22.1 Å². The van der Waals surface area contributed by atoms with Gasteiger partial charge in [0.2, 0.25) is 11.8 Å². The summed E-state index contributed by atoms with van der Waals surface area (Å²) in [5.41, 5.74) is 8.26. The number of carbonyl (C=O) groups is 4. The molecule has 3 fully saturated rings. The van der Waals surface area contributed by atoms with Gasteiger partial charge >= 0.3 is 12.2 Å². The first kappa shape index (κ1) is 45.4. The summed E-state index contributed by atoms with van der Waals surface area (Å²) in [6.45, 7) is 15.5. The monoisotopic (exact) mass is 888 g/mol. The third kappa shape index (κ3) is 9.11. The van der Waals surface area contributed by atoms with Crippen LogP contribution in [0.1, 0.15) is 139 Å². The van der Waals surface area contributed by atoms with Gasteiger partial charge in [-0.3, -0.25) is 9.59 Å². The van der Waals surface area contributed by atoms with Crippen molar-refractivity contribution in [2.75, 3.05) is 32.2 Å². The van der Waals surface area contributed by atoms with Gasteiger partial charge in [0, 0.05) is 18.8 Å². The Kier molecular flexibility index (Phi) is 12.9. The number of methoxy groups -OCH3 is 2. The Bertz CT molecular complexity index is 2390. The van der Waals surface area contributed by atoms with Crippen LogP contribution < -0.4 is 15.5 Å². The number of nitrogens with one attached hydrogen (secondary N) is 4. The summed E-state index contributed by atoms with van der Waals surface area (Å²) in [6, 6.07) is 20.2. The van der Waals surface area contributed by atoms with Gasteiger partial charge in [-0.15, -0.1) is 0 Å². The van der Waals surface area contributed by atoms with Crippen LogP contribution in [0.15, 0.2) is 60.7 Å². The number of hydrogen-bond acceptors (Lipinski definition) is 9. The third-order valence-corrected chi connectivity index (χ3v) is 13.7. The zero-order valence-corrected chi connectivity index (χ0v) is 39.2. The Balaban J connectivity index is 1.09. The van der Waals surface area contributed by atoms with Crippen molar-refractivity contribution in [3.05, 3.63) is 89.0 Å². The molecule has 346 valence electrons. The third-order valence-electron chi connectivity index (χ3n) is 13.7. The number of rotatable bonds is 11. The molecule has 0 saturated carbocycles. The minimum Gasteiger partial charge on any atom is -0.453 e. The highest BCUT2D eigenvalue weighted by molar-refractivity contribution is 5.87. The van der Waals surface area contributed by atoms with Gasteiger partial charge in [-0.1, -0.05) is 72.7 Å². The molecule has 4 N–H and O–H groups in total. The number of hydrogen-bond donors (Lipinski definition) is 4. The number of ether oxygens (including phenoxy) is 2. The van der Waals surface area contributed by atoms with Gasteiger partial charge in [0.05, 0.1) is 60.5 Å². The molecule has 0 radical (unpaired) electrons. The molecule has 3 saturated heterocycles. The lowest BCUT2D eigenvalue weighted by Gasteiger charge is -2.34. The van der Waals surface area contributed by atoms with Crippen molar-refractivity contribution >= 4 is 51.8 Å². The van der Waals surface area contributed by atoms with Crippen LogP contribution in [0.3, 0.4) is 0 Å². The molecule has 3 aliphatic rings. The van der Waals surface area contributed by atoms with E-state index < -0.39 is 24.3 Å². The zero-order chi connectivity index (χ0) is 46.3. The SMILES string of the molecule is COC(=O)NC(C(=O)N1CCC[C@H]1c1nc2cc([C@H]3CC[C@H](c4ccc5[nH]c([C@@H]6CCCN6C(=O)[C@@H](NC(=O)OC)C(C)C)nc5c4)N3c3ccc(C(C)(C)C)cc3)ccc2[nH]1)C(C)C. The topological polar surface area (TPSA) is 178 Å². The van der Waals surface area contributed by atoms with Crippen molar-refractivity contribution in [1.29, 1.82) is 0 Å². The first-order chi connectivity index (χ1) is 31.1. The molecular weight excluding hydrogens is 823 g/mol. The molecule has 5 aromatic rings. The fraction of sp³-hybridized carbons (Fsp3) is 0.520. The number of fused-ring (bicyclic) bond motifs is 2. The summed E-state index contributed by atoms with van der Waals surface area (Å²) >= 11 is 0. The van der Waals surface area contributed by atoms with E-state index in [0.29, 0.717) is 13.1 Å². The molecule has 2 aromatic heterocycles. The summed E-state index contributed by atoms with van der Waals surface area (Å²) in [6.07, 6.45) is 3.82. The molecular formula is C50H65N9O6. The van der Waals surface area contributed by atoms with Crippen LogP contribution in [0, 0.1) is 11.8 Å². The van der Waals surface area contributed by atoms with Crippen LogP contribution in [0.2, 0.25) is 0 Å². The second-order valence-electron chi connectivity index (χ2n) is 19.7. The maximum atomic E-state index is 13.9. The smallest absolute Gasteiger partial charge is 0.407 e. The minimum atomic E-state index is -0.706. The number of nitrogens with zero attached hydrogens (tertiary/aromatic N) is 5. The second-order valence-corrected chi connectivity index (χ2v) is 19.7. The Morgan fingerprint density at radius 3 is 1.45 bits per heavy atom. The largest absolute Gasteiger partial charge is 0.453 e.